The van der Waals surface area contributed by atoms with Gasteiger partial charge in [0.1, 0.15) is 29.7 Å². The molecule has 3 aliphatic carbocycles. The maximum Gasteiger partial charge on any atom is 0.573 e. The third-order valence-corrected chi connectivity index (χ3v) is 9.62. The first-order valence-electron chi connectivity index (χ1n) is 18.2. The minimum Gasteiger partial charge on any atom is -0.405 e. The molecule has 0 amide bonds. The van der Waals surface area contributed by atoms with Crippen LogP contribution in [0, 0.1) is 90.6 Å². The molecule has 0 heterocycles. The van der Waals surface area contributed by atoms with E-state index >= 15 is 13.2 Å². The van der Waals surface area contributed by atoms with E-state index in [1.165, 1.54) is 42.5 Å². The van der Waals surface area contributed by atoms with Gasteiger partial charge in [0.15, 0.2) is 0 Å². The minimum atomic E-state index is -5.72. The molecule has 0 fully saturated rings. The monoisotopic (exact) mass is 854 g/mol. The van der Waals surface area contributed by atoms with E-state index in [-0.39, 0.29) is 57.4 Å². The number of alkyl halides is 6. The second-order valence-electron chi connectivity index (χ2n) is 13.5. The second-order valence-corrected chi connectivity index (χ2v) is 13.5. The zero-order valence-electron chi connectivity index (χ0n) is 32.3. The summed E-state index contributed by atoms with van der Waals surface area (Å²) in [4.78, 5) is 0. The molecule has 3 aromatic rings. The zero-order chi connectivity index (χ0) is 46.3. The quantitative estimate of drug-likeness (QED) is 0.169. The number of rotatable bonds is 6. The second kappa shape index (κ2) is 18.0. The average molecular weight is 855 g/mol. The molecule has 0 atom stereocenters. The van der Waals surface area contributed by atoms with Crippen LogP contribution in [0.3, 0.4) is 0 Å². The van der Waals surface area contributed by atoms with Gasteiger partial charge in [0.2, 0.25) is 0 Å². The molecule has 0 aliphatic heterocycles. The third kappa shape index (κ3) is 8.95. The number of benzene rings is 3. The molecule has 64 heavy (non-hydrogen) atoms. The lowest BCUT2D eigenvalue weighted by Gasteiger charge is -2.22. The molecule has 6 rings (SSSR count). The minimum absolute atomic E-state index is 0.0162. The first-order valence-corrected chi connectivity index (χ1v) is 18.2. The van der Waals surface area contributed by atoms with Crippen LogP contribution >= 0.6 is 0 Å². The smallest absolute Gasteiger partial charge is 0.405 e. The Hall–Kier alpha value is -9.58. The lowest BCUT2D eigenvalue weighted by atomic mass is 9.83. The first-order chi connectivity index (χ1) is 30.6. The molecule has 0 aromatic heterocycles. The lowest BCUT2D eigenvalue weighted by Crippen LogP contribution is -2.18. The topological polar surface area (TPSA) is 209 Å². The molecule has 0 N–H and O–H groups in total. The summed E-state index contributed by atoms with van der Waals surface area (Å²) in [6, 6.07) is 28.3. The summed E-state index contributed by atoms with van der Waals surface area (Å²) in [7, 11) is 0. The van der Waals surface area contributed by atoms with E-state index in [1.807, 2.05) is 36.4 Å². The van der Waals surface area contributed by atoms with Crippen molar-refractivity contribution in [3.05, 3.63) is 192 Å². The Kier molecular flexibility index (Phi) is 12.3. The van der Waals surface area contributed by atoms with Crippen molar-refractivity contribution in [3.63, 3.8) is 0 Å². The van der Waals surface area contributed by atoms with Crippen molar-refractivity contribution in [2.24, 2.45) is 0 Å². The molecule has 0 bridgehead atoms. The van der Waals surface area contributed by atoms with Crippen LogP contribution in [0.4, 0.5) is 26.3 Å². The number of hydrogen-bond acceptors (Lipinski definition) is 10. The van der Waals surface area contributed by atoms with E-state index in [4.69, 9.17) is 4.74 Å². The van der Waals surface area contributed by atoms with Crippen LogP contribution < -0.4 is 0 Å². The van der Waals surface area contributed by atoms with Crippen molar-refractivity contribution < 1.29 is 35.8 Å². The van der Waals surface area contributed by atoms with Crippen molar-refractivity contribution in [3.8, 4) is 48.6 Å². The van der Waals surface area contributed by atoms with E-state index in [0.29, 0.717) is 12.2 Å². The van der Waals surface area contributed by atoms with Crippen LogP contribution in [0.2, 0.25) is 0 Å². The van der Waals surface area contributed by atoms with Crippen LogP contribution in [0.5, 0.6) is 0 Å². The number of ether oxygens (including phenoxy) is 2. The summed E-state index contributed by atoms with van der Waals surface area (Å²) in [5, 5.41) is 83.0. The molecule has 306 valence electrons. The Bertz CT molecular complexity index is 3140. The lowest BCUT2D eigenvalue weighted by molar-refractivity contribution is -0.306. The van der Waals surface area contributed by atoms with E-state index in [2.05, 4.69) is 4.74 Å². The Balaban J connectivity index is 2.00. The summed E-state index contributed by atoms with van der Waals surface area (Å²) in [5.74, 6) is -2.82. The van der Waals surface area contributed by atoms with E-state index in [0.717, 1.165) is 36.4 Å². The molecule has 0 unspecified atom stereocenters. The van der Waals surface area contributed by atoms with E-state index < -0.39 is 80.0 Å². The number of halogens is 6. The number of allylic oxidation sites excluding steroid dienone is 14. The molecule has 0 spiro atoms. The maximum atomic E-state index is 15.1. The third-order valence-electron chi connectivity index (χ3n) is 9.62. The first kappa shape index (κ1) is 44.0. The standard InChI is InChI=1S/C48H20F6N8O2/c49-47(50,51)63-40-17-35(23-59)42(31-7-3-1-4-8-31)36(37(24-60)33-13-27(19-55)11-28(14-33)20-56)18-41(64-48(52,53)54)46-44(40)39(26-62)43(32-9-5-2-6-10-32)45(46)38(25-61)34-15-29(21-57)12-30(16-34)22-58/h1-3,5-7,9-18H,4,8H2/b37-36-,40-17-,41-18?,42-35+,45-38+. The Morgan fingerprint density at radius 1 is 0.547 bits per heavy atom. The Labute approximate surface area is 360 Å². The van der Waals surface area contributed by atoms with Gasteiger partial charge in [0.25, 0.3) is 0 Å². The predicted molar refractivity (Wildman–Crippen MR) is 212 cm³/mol. The fraction of sp³-hybridized carbons (Fsp3) is 0.0833. The van der Waals surface area contributed by atoms with Crippen LogP contribution in [0.15, 0.2) is 153 Å². The molecular formula is C48H20F6N8O2. The highest BCUT2D eigenvalue weighted by atomic mass is 19.4. The van der Waals surface area contributed by atoms with E-state index in [9.17, 15) is 55.3 Å². The van der Waals surface area contributed by atoms with Gasteiger partial charge >= 0.3 is 12.7 Å². The van der Waals surface area contributed by atoms with Gasteiger partial charge in [-0.3, -0.25) is 0 Å². The summed E-state index contributed by atoms with van der Waals surface area (Å²) < 4.78 is 98.7. The summed E-state index contributed by atoms with van der Waals surface area (Å²) in [5.41, 5.74) is -8.07. The van der Waals surface area contributed by atoms with E-state index in [1.54, 1.807) is 18.2 Å². The molecule has 16 heteroatoms. The highest BCUT2D eigenvalue weighted by Crippen LogP contribution is 2.54. The predicted octanol–water partition coefficient (Wildman–Crippen LogP) is 10.7. The van der Waals surface area contributed by atoms with Crippen LogP contribution in [0.25, 0.3) is 16.7 Å². The van der Waals surface area contributed by atoms with Crippen molar-refractivity contribution in [1.82, 2.24) is 0 Å². The molecule has 3 aromatic carbocycles. The summed E-state index contributed by atoms with van der Waals surface area (Å²) >= 11 is 0. The van der Waals surface area contributed by atoms with Gasteiger partial charge in [0.05, 0.1) is 74.9 Å². The molecule has 0 saturated carbocycles. The SMILES string of the molecule is N#CC1=C(c2ccccc2)/C(=C(/C#N)c2cc(C#N)cc(C#N)c2)C2=C1/C(OC(F)(F)F)=C/C(C#N)=C(C1=CC=CCC1)\C(=C(\C#N)c1cc(C#N)cc(C#N)c1)C=C2OC(F)(F)F. The number of hydrogen-bond donors (Lipinski definition) is 0. The van der Waals surface area contributed by atoms with Crippen molar-refractivity contribution in [2.75, 3.05) is 0 Å². The average Bonchev–Trinajstić information content (AvgIpc) is 3.64. The van der Waals surface area contributed by atoms with Crippen molar-refractivity contribution in [2.45, 2.75) is 25.6 Å². The number of nitriles is 8. The van der Waals surface area contributed by atoms with Gasteiger partial charge in [0, 0.05) is 33.4 Å². The van der Waals surface area contributed by atoms with Crippen LogP contribution in [-0.2, 0) is 9.47 Å². The van der Waals surface area contributed by atoms with Gasteiger partial charge in [-0.05, 0) is 83.7 Å². The normalized spacial score (nSPS) is 18.4. The molecule has 0 radical (unpaired) electrons. The maximum absolute atomic E-state index is 15.1. The van der Waals surface area contributed by atoms with Crippen molar-refractivity contribution in [1.29, 1.82) is 42.1 Å². The van der Waals surface area contributed by atoms with Gasteiger partial charge in [-0.1, -0.05) is 48.6 Å². The number of nitrogens with zero attached hydrogens (tertiary/aromatic N) is 8. The summed E-state index contributed by atoms with van der Waals surface area (Å²) in [6.07, 6.45) is -5.36. The van der Waals surface area contributed by atoms with Crippen LogP contribution in [0.1, 0.15) is 51.8 Å². The van der Waals surface area contributed by atoms with Gasteiger partial charge < -0.3 is 9.47 Å². The molecule has 0 saturated heterocycles. The summed E-state index contributed by atoms with van der Waals surface area (Å²) in [6.45, 7) is 0. The Morgan fingerprint density at radius 2 is 1.06 bits per heavy atom. The largest absolute Gasteiger partial charge is 0.573 e. The van der Waals surface area contributed by atoms with Gasteiger partial charge in [-0.15, -0.1) is 26.3 Å². The molecular weight excluding hydrogens is 835 g/mol. The van der Waals surface area contributed by atoms with Gasteiger partial charge in [-0.25, -0.2) is 0 Å². The van der Waals surface area contributed by atoms with Gasteiger partial charge in [-0.2, -0.15) is 42.1 Å². The zero-order valence-corrected chi connectivity index (χ0v) is 32.3. The van der Waals surface area contributed by atoms with Crippen LogP contribution in [-0.4, -0.2) is 12.7 Å². The fourth-order valence-corrected chi connectivity index (χ4v) is 7.27. The molecule has 3 aliphatic rings. The highest BCUT2D eigenvalue weighted by Gasteiger charge is 2.45. The highest BCUT2D eigenvalue weighted by molar-refractivity contribution is 6.07. The molecule has 10 nitrogen and oxygen atoms in total. The fourth-order valence-electron chi connectivity index (χ4n) is 7.27. The van der Waals surface area contributed by atoms with Crippen molar-refractivity contribution >= 4 is 16.7 Å². The Morgan fingerprint density at radius 3 is 1.50 bits per heavy atom.